The van der Waals surface area contributed by atoms with Crippen LogP contribution in [0.4, 0.5) is 0 Å². The summed E-state index contributed by atoms with van der Waals surface area (Å²) in [6.45, 7) is 2.93. The van der Waals surface area contributed by atoms with Gasteiger partial charge in [0.2, 0.25) is 0 Å². The third-order valence-corrected chi connectivity index (χ3v) is 5.24. The highest BCUT2D eigenvalue weighted by Gasteiger charge is 2.29. The highest BCUT2D eigenvalue weighted by atomic mass is 16.5. The van der Waals surface area contributed by atoms with Crippen LogP contribution in [-0.4, -0.2) is 46.3 Å². The summed E-state index contributed by atoms with van der Waals surface area (Å²) < 4.78 is 11.0. The van der Waals surface area contributed by atoms with E-state index >= 15 is 0 Å². The number of carbonyl (C=O) groups excluding carboxylic acids is 1. The van der Waals surface area contributed by atoms with E-state index in [0.29, 0.717) is 17.1 Å². The van der Waals surface area contributed by atoms with Gasteiger partial charge >= 0.3 is 11.9 Å². The molecule has 1 unspecified atom stereocenters. The van der Waals surface area contributed by atoms with Crippen LogP contribution in [0.25, 0.3) is 11.1 Å². The van der Waals surface area contributed by atoms with Crippen molar-refractivity contribution in [3.05, 3.63) is 84.4 Å². The molecule has 0 radical (unpaired) electrons. The largest absolute Gasteiger partial charge is 0.493 e. The zero-order valence-corrected chi connectivity index (χ0v) is 19.4. The van der Waals surface area contributed by atoms with Crippen molar-refractivity contribution < 1.29 is 34.1 Å². The van der Waals surface area contributed by atoms with Crippen molar-refractivity contribution in [2.45, 2.75) is 31.9 Å². The number of aliphatic carboxylic acids is 2. The fourth-order valence-electron chi connectivity index (χ4n) is 3.18. The van der Waals surface area contributed by atoms with E-state index in [-0.39, 0.29) is 13.0 Å². The Morgan fingerprint density at radius 1 is 0.829 bits per heavy atom. The van der Waals surface area contributed by atoms with Crippen molar-refractivity contribution >= 4 is 17.8 Å². The summed E-state index contributed by atoms with van der Waals surface area (Å²) in [5, 5.41) is 21.2. The number of rotatable bonds is 11. The number of nitrogens with one attached hydrogen (secondary N) is 1. The van der Waals surface area contributed by atoms with Gasteiger partial charge in [0.1, 0.15) is 17.5 Å². The fraction of sp³-hybridized carbons (Fsp3) is 0.222. The molecule has 8 nitrogen and oxygen atoms in total. The highest BCUT2D eigenvalue weighted by Crippen LogP contribution is 2.22. The summed E-state index contributed by atoms with van der Waals surface area (Å²) in [5.41, 5.74) is 0.951. The molecule has 8 heteroatoms. The van der Waals surface area contributed by atoms with Gasteiger partial charge in [0.15, 0.2) is 5.60 Å². The molecule has 3 aromatic rings. The minimum Gasteiger partial charge on any atom is -0.493 e. The van der Waals surface area contributed by atoms with Crippen LogP contribution in [0, 0.1) is 0 Å². The molecule has 182 valence electrons. The quantitative estimate of drug-likeness (QED) is 0.377. The van der Waals surface area contributed by atoms with Crippen LogP contribution in [-0.2, 0) is 9.59 Å². The standard InChI is InChI=1S/C27H27NO7/c1-27(2,26(32)33)35-22-14-12-21(13-15-22)34-17-16-23(25(30)31)28-24(29)20-10-8-19(9-11-20)18-6-4-3-5-7-18/h3-15,23H,16-17H2,1-2H3,(H,28,29)(H,30,31)(H,32,33). The van der Waals surface area contributed by atoms with Crippen LogP contribution in [0.5, 0.6) is 11.5 Å². The number of benzene rings is 3. The molecule has 0 spiro atoms. The second-order valence-electron chi connectivity index (χ2n) is 8.33. The van der Waals surface area contributed by atoms with E-state index in [9.17, 15) is 19.5 Å². The number of carboxylic acids is 2. The summed E-state index contributed by atoms with van der Waals surface area (Å²) in [4.78, 5) is 35.4. The molecule has 0 aliphatic rings. The smallest absolute Gasteiger partial charge is 0.347 e. The first-order chi connectivity index (χ1) is 16.7. The molecule has 3 rings (SSSR count). The molecule has 3 N–H and O–H groups in total. The second-order valence-corrected chi connectivity index (χ2v) is 8.33. The molecule has 0 heterocycles. The first-order valence-corrected chi connectivity index (χ1v) is 11.0. The molecule has 35 heavy (non-hydrogen) atoms. The average molecular weight is 478 g/mol. The molecular weight excluding hydrogens is 450 g/mol. The summed E-state index contributed by atoms with van der Waals surface area (Å²) in [6.07, 6.45) is 0.0491. The van der Waals surface area contributed by atoms with E-state index in [0.717, 1.165) is 11.1 Å². The van der Waals surface area contributed by atoms with Crippen molar-refractivity contribution in [2.24, 2.45) is 0 Å². The maximum atomic E-state index is 12.6. The Morgan fingerprint density at radius 3 is 1.97 bits per heavy atom. The van der Waals surface area contributed by atoms with Gasteiger partial charge in [0.25, 0.3) is 5.91 Å². The van der Waals surface area contributed by atoms with Crippen LogP contribution in [0.2, 0.25) is 0 Å². The van der Waals surface area contributed by atoms with Crippen LogP contribution in [0.3, 0.4) is 0 Å². The van der Waals surface area contributed by atoms with Gasteiger partial charge in [-0.25, -0.2) is 9.59 Å². The van der Waals surface area contributed by atoms with Crippen molar-refractivity contribution in [2.75, 3.05) is 6.61 Å². The van der Waals surface area contributed by atoms with E-state index in [1.54, 1.807) is 36.4 Å². The zero-order valence-electron chi connectivity index (χ0n) is 19.4. The molecular formula is C27H27NO7. The number of amides is 1. The topological polar surface area (TPSA) is 122 Å². The van der Waals surface area contributed by atoms with Gasteiger partial charge in [0, 0.05) is 12.0 Å². The van der Waals surface area contributed by atoms with E-state index < -0.39 is 29.5 Å². The van der Waals surface area contributed by atoms with Crippen molar-refractivity contribution in [3.63, 3.8) is 0 Å². The second kappa shape index (κ2) is 11.2. The third-order valence-electron chi connectivity index (χ3n) is 5.24. The molecule has 0 aliphatic heterocycles. The lowest BCUT2D eigenvalue weighted by molar-refractivity contribution is -0.152. The highest BCUT2D eigenvalue weighted by molar-refractivity contribution is 5.97. The van der Waals surface area contributed by atoms with E-state index in [2.05, 4.69) is 5.32 Å². The molecule has 0 aromatic heterocycles. The molecule has 3 aromatic carbocycles. The fourth-order valence-corrected chi connectivity index (χ4v) is 3.18. The van der Waals surface area contributed by atoms with Crippen molar-refractivity contribution in [1.82, 2.24) is 5.32 Å². The maximum Gasteiger partial charge on any atom is 0.347 e. The maximum absolute atomic E-state index is 12.6. The number of hydrogen-bond acceptors (Lipinski definition) is 5. The molecule has 0 bridgehead atoms. The number of carboxylic acid groups (broad SMARTS) is 2. The first-order valence-electron chi connectivity index (χ1n) is 11.0. The van der Waals surface area contributed by atoms with Gasteiger partial charge in [-0.2, -0.15) is 0 Å². The predicted molar refractivity (Wildman–Crippen MR) is 130 cm³/mol. The molecule has 0 saturated heterocycles. The predicted octanol–water partition coefficient (Wildman–Crippen LogP) is 4.25. The normalized spacial score (nSPS) is 11.8. The third kappa shape index (κ3) is 7.07. The summed E-state index contributed by atoms with van der Waals surface area (Å²) in [6, 6.07) is 21.8. The zero-order chi connectivity index (χ0) is 25.4. The molecule has 0 saturated carbocycles. The minimum absolute atomic E-state index is 0.0466. The van der Waals surface area contributed by atoms with Crippen LogP contribution in [0.1, 0.15) is 30.6 Å². The van der Waals surface area contributed by atoms with E-state index in [4.69, 9.17) is 14.6 Å². The Labute approximate surface area is 203 Å². The van der Waals surface area contributed by atoms with E-state index in [1.807, 2.05) is 42.5 Å². The van der Waals surface area contributed by atoms with Crippen LogP contribution in [0.15, 0.2) is 78.9 Å². The Balaban J connectivity index is 1.53. The van der Waals surface area contributed by atoms with Crippen LogP contribution >= 0.6 is 0 Å². The number of carbonyl (C=O) groups is 3. The first kappa shape index (κ1) is 25.3. The Hall–Kier alpha value is -4.33. The lowest BCUT2D eigenvalue weighted by Crippen LogP contribution is -2.41. The van der Waals surface area contributed by atoms with Crippen LogP contribution < -0.4 is 14.8 Å². The molecule has 1 atom stereocenters. The SMILES string of the molecule is CC(C)(Oc1ccc(OCCC(NC(=O)c2ccc(-c3ccccc3)cc2)C(=O)O)cc1)C(=O)O. The molecule has 0 aliphatic carbocycles. The van der Waals surface area contributed by atoms with E-state index in [1.165, 1.54) is 13.8 Å². The van der Waals surface area contributed by atoms with Gasteiger partial charge in [-0.15, -0.1) is 0 Å². The molecule has 1 amide bonds. The number of hydrogen-bond donors (Lipinski definition) is 3. The summed E-state index contributed by atoms with van der Waals surface area (Å²) >= 11 is 0. The summed E-state index contributed by atoms with van der Waals surface area (Å²) in [5.74, 6) is -1.93. The minimum atomic E-state index is -1.38. The van der Waals surface area contributed by atoms with Gasteiger partial charge in [-0.1, -0.05) is 42.5 Å². The van der Waals surface area contributed by atoms with Crippen molar-refractivity contribution in [1.29, 1.82) is 0 Å². The summed E-state index contributed by atoms with van der Waals surface area (Å²) in [7, 11) is 0. The van der Waals surface area contributed by atoms with Crippen molar-refractivity contribution in [3.8, 4) is 22.6 Å². The van der Waals surface area contributed by atoms with Gasteiger partial charge in [-0.3, -0.25) is 4.79 Å². The Bertz CT molecular complexity index is 1160. The lowest BCUT2D eigenvalue weighted by atomic mass is 10.0. The van der Waals surface area contributed by atoms with Gasteiger partial charge in [0.05, 0.1) is 6.61 Å². The van der Waals surface area contributed by atoms with Gasteiger partial charge < -0.3 is 25.0 Å². The average Bonchev–Trinajstić information content (AvgIpc) is 2.84. The van der Waals surface area contributed by atoms with Gasteiger partial charge in [-0.05, 0) is 61.4 Å². The lowest BCUT2D eigenvalue weighted by Gasteiger charge is -2.21. The Morgan fingerprint density at radius 2 is 1.40 bits per heavy atom. The molecule has 0 fully saturated rings. The Kier molecular flexibility index (Phi) is 8.09. The monoisotopic (exact) mass is 477 g/mol. The number of ether oxygens (including phenoxy) is 2.